The Hall–Kier alpha value is -1.46. The van der Waals surface area contributed by atoms with Gasteiger partial charge in [0, 0.05) is 19.0 Å². The molecule has 1 aromatic rings. The van der Waals surface area contributed by atoms with Crippen LogP contribution in [0, 0.1) is 0 Å². The van der Waals surface area contributed by atoms with Crippen molar-refractivity contribution in [3.05, 3.63) is 23.8 Å². The molecule has 0 aromatic heterocycles. The molecule has 1 amide bonds. The molecule has 1 aliphatic heterocycles. The van der Waals surface area contributed by atoms with E-state index < -0.39 is 0 Å². The van der Waals surface area contributed by atoms with Gasteiger partial charge in [0.25, 0.3) is 0 Å². The van der Waals surface area contributed by atoms with Crippen molar-refractivity contribution in [1.82, 2.24) is 10.6 Å². The SMILES string of the molecule is CCOc1cc(CNC(=O)CC2CCCN2)ccc1OC.Cl. The number of rotatable bonds is 7. The Morgan fingerprint density at radius 2 is 2.23 bits per heavy atom. The number of hydrogen-bond donors (Lipinski definition) is 2. The van der Waals surface area contributed by atoms with Crippen molar-refractivity contribution in [2.75, 3.05) is 20.3 Å². The van der Waals surface area contributed by atoms with E-state index in [9.17, 15) is 4.79 Å². The van der Waals surface area contributed by atoms with Crippen LogP contribution >= 0.6 is 12.4 Å². The average Bonchev–Trinajstić information content (AvgIpc) is 2.98. The Morgan fingerprint density at radius 3 is 2.86 bits per heavy atom. The van der Waals surface area contributed by atoms with Gasteiger partial charge >= 0.3 is 0 Å². The molecule has 0 saturated carbocycles. The minimum Gasteiger partial charge on any atom is -0.493 e. The normalized spacial score (nSPS) is 16.7. The van der Waals surface area contributed by atoms with Crippen molar-refractivity contribution in [3.8, 4) is 11.5 Å². The molecule has 2 N–H and O–H groups in total. The Labute approximate surface area is 138 Å². The van der Waals surface area contributed by atoms with E-state index in [1.54, 1.807) is 7.11 Å². The number of hydrogen-bond acceptors (Lipinski definition) is 4. The van der Waals surface area contributed by atoms with E-state index in [2.05, 4.69) is 10.6 Å². The summed E-state index contributed by atoms with van der Waals surface area (Å²) in [6, 6.07) is 6.05. The standard InChI is InChI=1S/C16H24N2O3.ClH/c1-3-21-15-9-12(6-7-14(15)20-2)11-18-16(19)10-13-5-4-8-17-13;/h6-7,9,13,17H,3-5,8,10-11H2,1-2H3,(H,18,19);1H. The summed E-state index contributed by atoms with van der Waals surface area (Å²) in [4.78, 5) is 11.9. The highest BCUT2D eigenvalue weighted by atomic mass is 35.5. The molecule has 0 aliphatic carbocycles. The highest BCUT2D eigenvalue weighted by Crippen LogP contribution is 2.27. The number of nitrogens with one attached hydrogen (secondary N) is 2. The van der Waals surface area contributed by atoms with E-state index in [-0.39, 0.29) is 18.3 Å². The maximum Gasteiger partial charge on any atom is 0.221 e. The van der Waals surface area contributed by atoms with Gasteiger partial charge < -0.3 is 20.1 Å². The number of carbonyl (C=O) groups excluding carboxylic acids is 1. The number of benzene rings is 1. The van der Waals surface area contributed by atoms with Gasteiger partial charge in [0.1, 0.15) is 0 Å². The molecule has 5 nitrogen and oxygen atoms in total. The molecule has 2 rings (SSSR count). The minimum atomic E-state index is 0. The Balaban J connectivity index is 0.00000242. The molecule has 6 heteroatoms. The molecule has 0 spiro atoms. The minimum absolute atomic E-state index is 0. The number of carbonyl (C=O) groups is 1. The van der Waals surface area contributed by atoms with Crippen LogP contribution < -0.4 is 20.1 Å². The number of methoxy groups -OCH3 is 1. The van der Waals surface area contributed by atoms with E-state index in [1.165, 1.54) is 0 Å². The van der Waals surface area contributed by atoms with Gasteiger partial charge in [0.2, 0.25) is 5.91 Å². The number of halogens is 1. The molecule has 1 unspecified atom stereocenters. The van der Waals surface area contributed by atoms with Crippen LogP contribution in [-0.2, 0) is 11.3 Å². The summed E-state index contributed by atoms with van der Waals surface area (Å²) >= 11 is 0. The van der Waals surface area contributed by atoms with Gasteiger partial charge in [0.05, 0.1) is 13.7 Å². The van der Waals surface area contributed by atoms with E-state index in [0.717, 1.165) is 24.9 Å². The van der Waals surface area contributed by atoms with E-state index in [4.69, 9.17) is 9.47 Å². The third-order valence-electron chi connectivity index (χ3n) is 3.61. The van der Waals surface area contributed by atoms with Crippen LogP contribution in [-0.4, -0.2) is 32.2 Å². The molecule has 22 heavy (non-hydrogen) atoms. The first kappa shape index (κ1) is 18.6. The fourth-order valence-corrected chi connectivity index (χ4v) is 2.53. The van der Waals surface area contributed by atoms with Crippen molar-refractivity contribution in [2.45, 2.75) is 38.8 Å². The van der Waals surface area contributed by atoms with Crippen LogP contribution in [0.15, 0.2) is 18.2 Å². The lowest BCUT2D eigenvalue weighted by Gasteiger charge is -2.13. The maximum atomic E-state index is 11.9. The van der Waals surface area contributed by atoms with Gasteiger partial charge in [-0.1, -0.05) is 6.07 Å². The smallest absolute Gasteiger partial charge is 0.221 e. The summed E-state index contributed by atoms with van der Waals surface area (Å²) in [5.74, 6) is 1.51. The van der Waals surface area contributed by atoms with Gasteiger partial charge in [-0.05, 0) is 44.0 Å². The zero-order valence-corrected chi connectivity index (χ0v) is 14.0. The van der Waals surface area contributed by atoms with Gasteiger partial charge in [-0.25, -0.2) is 0 Å². The highest BCUT2D eigenvalue weighted by molar-refractivity contribution is 5.85. The maximum absolute atomic E-state index is 11.9. The summed E-state index contributed by atoms with van der Waals surface area (Å²) in [7, 11) is 1.62. The predicted octanol–water partition coefficient (Wildman–Crippen LogP) is 2.27. The molecular weight excluding hydrogens is 304 g/mol. The van der Waals surface area contributed by atoms with Gasteiger partial charge in [-0.15, -0.1) is 12.4 Å². The largest absolute Gasteiger partial charge is 0.493 e. The zero-order valence-electron chi connectivity index (χ0n) is 13.2. The Kier molecular flexibility index (Phi) is 8.06. The quantitative estimate of drug-likeness (QED) is 0.806. The Morgan fingerprint density at radius 1 is 1.41 bits per heavy atom. The van der Waals surface area contributed by atoms with Crippen LogP contribution in [0.4, 0.5) is 0 Å². The monoisotopic (exact) mass is 328 g/mol. The molecule has 1 aromatic carbocycles. The third kappa shape index (κ3) is 5.39. The lowest BCUT2D eigenvalue weighted by molar-refractivity contribution is -0.121. The van der Waals surface area contributed by atoms with Crippen LogP contribution in [0.25, 0.3) is 0 Å². The van der Waals surface area contributed by atoms with Crippen LogP contribution in [0.5, 0.6) is 11.5 Å². The lowest BCUT2D eigenvalue weighted by atomic mass is 10.1. The summed E-state index contributed by atoms with van der Waals surface area (Å²) in [5.41, 5.74) is 1.01. The molecule has 124 valence electrons. The first-order valence-corrected chi connectivity index (χ1v) is 7.52. The first-order chi connectivity index (χ1) is 10.2. The van der Waals surface area contributed by atoms with Gasteiger partial charge in [0.15, 0.2) is 11.5 Å². The van der Waals surface area contributed by atoms with Crippen molar-refractivity contribution >= 4 is 18.3 Å². The summed E-state index contributed by atoms with van der Waals surface area (Å²) in [5, 5.41) is 6.29. The van der Waals surface area contributed by atoms with Crippen molar-refractivity contribution in [3.63, 3.8) is 0 Å². The van der Waals surface area contributed by atoms with Crippen LogP contribution in [0.1, 0.15) is 31.7 Å². The number of ether oxygens (including phenoxy) is 2. The van der Waals surface area contributed by atoms with Crippen molar-refractivity contribution in [2.24, 2.45) is 0 Å². The molecule has 1 fully saturated rings. The Bertz CT molecular complexity index is 476. The number of amides is 1. The third-order valence-corrected chi connectivity index (χ3v) is 3.61. The van der Waals surface area contributed by atoms with Crippen molar-refractivity contribution < 1.29 is 14.3 Å². The molecule has 1 atom stereocenters. The van der Waals surface area contributed by atoms with Gasteiger partial charge in [-0.3, -0.25) is 4.79 Å². The molecule has 1 heterocycles. The van der Waals surface area contributed by atoms with E-state index in [1.807, 2.05) is 25.1 Å². The fourth-order valence-electron chi connectivity index (χ4n) is 2.53. The second-order valence-corrected chi connectivity index (χ2v) is 5.19. The molecule has 1 saturated heterocycles. The highest BCUT2D eigenvalue weighted by Gasteiger charge is 2.17. The topological polar surface area (TPSA) is 59.6 Å². The average molecular weight is 329 g/mol. The van der Waals surface area contributed by atoms with E-state index in [0.29, 0.717) is 37.1 Å². The van der Waals surface area contributed by atoms with Gasteiger partial charge in [-0.2, -0.15) is 0 Å². The second kappa shape index (κ2) is 9.54. The summed E-state index contributed by atoms with van der Waals surface area (Å²) < 4.78 is 10.8. The van der Waals surface area contributed by atoms with Crippen LogP contribution in [0.3, 0.4) is 0 Å². The van der Waals surface area contributed by atoms with Crippen LogP contribution in [0.2, 0.25) is 0 Å². The summed E-state index contributed by atoms with van der Waals surface area (Å²) in [6.45, 7) is 4.05. The second-order valence-electron chi connectivity index (χ2n) is 5.19. The summed E-state index contributed by atoms with van der Waals surface area (Å²) in [6.07, 6.45) is 2.80. The molecule has 1 aliphatic rings. The fraction of sp³-hybridized carbons (Fsp3) is 0.562. The van der Waals surface area contributed by atoms with E-state index >= 15 is 0 Å². The molecule has 0 radical (unpaired) electrons. The molecule has 0 bridgehead atoms. The molecular formula is C16H25ClN2O3. The van der Waals surface area contributed by atoms with Crippen molar-refractivity contribution in [1.29, 1.82) is 0 Å². The zero-order chi connectivity index (χ0) is 15.1. The first-order valence-electron chi connectivity index (χ1n) is 7.52. The lowest BCUT2D eigenvalue weighted by Crippen LogP contribution is -2.31. The predicted molar refractivity (Wildman–Crippen MR) is 88.9 cm³/mol.